The normalized spacial score (nSPS) is 19.6. The molecular weight excluding hydrogens is 352 g/mol. The molecule has 1 aliphatic heterocycles. The highest BCUT2D eigenvalue weighted by Crippen LogP contribution is 2.24. The molecule has 3 rings (SSSR count). The van der Waals surface area contributed by atoms with Gasteiger partial charge in [-0.15, -0.1) is 0 Å². The van der Waals surface area contributed by atoms with Gasteiger partial charge in [-0.05, 0) is 17.7 Å². The average molecular weight is 370 g/mol. The number of rotatable bonds is 6. The van der Waals surface area contributed by atoms with E-state index in [0.717, 1.165) is 5.56 Å². The molecule has 27 heavy (non-hydrogen) atoms. The number of carboxylic acids is 1. The van der Waals surface area contributed by atoms with Gasteiger partial charge in [0.05, 0.1) is 10.5 Å². The smallest absolute Gasteiger partial charge is 0.338 e. The van der Waals surface area contributed by atoms with Crippen molar-refractivity contribution in [3.63, 3.8) is 0 Å². The van der Waals surface area contributed by atoms with Gasteiger partial charge in [0.2, 0.25) is 0 Å². The molecule has 8 nitrogen and oxygen atoms in total. The minimum atomic E-state index is -0.991. The van der Waals surface area contributed by atoms with Crippen LogP contribution in [-0.2, 0) is 16.1 Å². The van der Waals surface area contributed by atoms with E-state index in [9.17, 15) is 24.8 Å². The first-order valence-electron chi connectivity index (χ1n) is 8.40. The molecule has 1 aliphatic rings. The van der Waals surface area contributed by atoms with Crippen LogP contribution >= 0.6 is 0 Å². The standard InChI is InChI=1S/C19H18N2O6/c22-18(23)17-10-16(27-19(24)14-4-2-1-3-5-14)12-20(17)11-13-6-8-15(9-7-13)21(25)26/h1-9,16-17H,10-12H2,(H,22,23). The zero-order chi connectivity index (χ0) is 19.4. The number of hydrogen-bond acceptors (Lipinski definition) is 6. The van der Waals surface area contributed by atoms with E-state index in [4.69, 9.17) is 4.74 Å². The lowest BCUT2D eigenvalue weighted by Crippen LogP contribution is -2.35. The number of ether oxygens (including phenoxy) is 1. The van der Waals surface area contributed by atoms with Gasteiger partial charge < -0.3 is 9.84 Å². The maximum absolute atomic E-state index is 12.2. The summed E-state index contributed by atoms with van der Waals surface area (Å²) >= 11 is 0. The second kappa shape index (κ2) is 7.96. The molecule has 0 spiro atoms. The molecule has 1 heterocycles. The van der Waals surface area contributed by atoms with Gasteiger partial charge in [-0.2, -0.15) is 0 Å². The summed E-state index contributed by atoms with van der Waals surface area (Å²) in [6.45, 7) is 0.584. The molecule has 1 fully saturated rings. The first kappa shape index (κ1) is 18.5. The van der Waals surface area contributed by atoms with Crippen LogP contribution < -0.4 is 0 Å². The molecule has 0 aromatic heterocycles. The molecule has 0 saturated carbocycles. The number of carbonyl (C=O) groups excluding carboxylic acids is 1. The number of nitro benzene ring substituents is 1. The Labute approximate surface area is 155 Å². The summed E-state index contributed by atoms with van der Waals surface area (Å²) in [7, 11) is 0. The minimum absolute atomic E-state index is 0.0235. The molecule has 0 aliphatic carbocycles. The van der Waals surface area contributed by atoms with Crippen molar-refractivity contribution in [3.8, 4) is 0 Å². The van der Waals surface area contributed by atoms with Crippen molar-refractivity contribution in [2.45, 2.75) is 25.1 Å². The van der Waals surface area contributed by atoms with Crippen molar-refractivity contribution in [2.75, 3.05) is 6.54 Å². The summed E-state index contributed by atoms with van der Waals surface area (Å²) in [5.74, 6) is -1.47. The van der Waals surface area contributed by atoms with E-state index in [1.807, 2.05) is 0 Å². The predicted molar refractivity (Wildman–Crippen MR) is 95.2 cm³/mol. The molecule has 2 aromatic carbocycles. The largest absolute Gasteiger partial charge is 0.480 e. The van der Waals surface area contributed by atoms with Crippen LogP contribution in [0.5, 0.6) is 0 Å². The van der Waals surface area contributed by atoms with Crippen LogP contribution in [0.3, 0.4) is 0 Å². The summed E-state index contributed by atoms with van der Waals surface area (Å²) in [4.78, 5) is 35.7. The molecule has 2 unspecified atom stereocenters. The summed E-state index contributed by atoms with van der Waals surface area (Å²) < 4.78 is 5.46. The van der Waals surface area contributed by atoms with Gasteiger partial charge in [-0.25, -0.2) is 4.79 Å². The number of hydrogen-bond donors (Lipinski definition) is 1. The number of nitro groups is 1. The van der Waals surface area contributed by atoms with Crippen LogP contribution in [0.15, 0.2) is 54.6 Å². The van der Waals surface area contributed by atoms with Crippen LogP contribution in [0.1, 0.15) is 22.3 Å². The fraction of sp³-hybridized carbons (Fsp3) is 0.263. The molecule has 0 bridgehead atoms. The van der Waals surface area contributed by atoms with Crippen molar-refractivity contribution < 1.29 is 24.4 Å². The molecule has 1 saturated heterocycles. The summed E-state index contributed by atoms with van der Waals surface area (Å²) in [5, 5.41) is 20.2. The van der Waals surface area contributed by atoms with Crippen LogP contribution in [0.2, 0.25) is 0 Å². The van der Waals surface area contributed by atoms with E-state index >= 15 is 0 Å². The Morgan fingerprint density at radius 2 is 1.81 bits per heavy atom. The summed E-state index contributed by atoms with van der Waals surface area (Å²) in [5.41, 5.74) is 1.14. The van der Waals surface area contributed by atoms with Gasteiger partial charge in [-0.3, -0.25) is 19.8 Å². The van der Waals surface area contributed by atoms with Gasteiger partial charge in [0.15, 0.2) is 0 Å². The van der Waals surface area contributed by atoms with Crippen molar-refractivity contribution in [1.29, 1.82) is 0 Å². The third kappa shape index (κ3) is 4.48. The number of aliphatic carboxylic acids is 1. The van der Waals surface area contributed by atoms with Gasteiger partial charge in [-0.1, -0.05) is 30.3 Å². The lowest BCUT2D eigenvalue weighted by molar-refractivity contribution is -0.384. The number of non-ortho nitro benzene ring substituents is 1. The van der Waals surface area contributed by atoms with E-state index in [2.05, 4.69) is 0 Å². The molecule has 8 heteroatoms. The molecule has 0 radical (unpaired) electrons. The van der Waals surface area contributed by atoms with Crippen LogP contribution in [0.25, 0.3) is 0 Å². The highest BCUT2D eigenvalue weighted by Gasteiger charge is 2.38. The average Bonchev–Trinajstić information content (AvgIpc) is 3.05. The van der Waals surface area contributed by atoms with Crippen molar-refractivity contribution in [2.24, 2.45) is 0 Å². The predicted octanol–water partition coefficient (Wildman–Crippen LogP) is 2.48. The van der Waals surface area contributed by atoms with Crippen molar-refractivity contribution >= 4 is 17.6 Å². The zero-order valence-corrected chi connectivity index (χ0v) is 14.4. The minimum Gasteiger partial charge on any atom is -0.480 e. The Morgan fingerprint density at radius 3 is 2.41 bits per heavy atom. The zero-order valence-electron chi connectivity index (χ0n) is 14.4. The molecular formula is C19H18N2O6. The molecule has 140 valence electrons. The molecule has 0 amide bonds. The third-order valence-electron chi connectivity index (χ3n) is 4.47. The van der Waals surface area contributed by atoms with Gasteiger partial charge in [0.1, 0.15) is 12.1 Å². The molecule has 1 N–H and O–H groups in total. The van der Waals surface area contributed by atoms with Gasteiger partial charge in [0.25, 0.3) is 5.69 Å². The van der Waals surface area contributed by atoms with E-state index < -0.39 is 29.0 Å². The van der Waals surface area contributed by atoms with E-state index in [0.29, 0.717) is 12.1 Å². The van der Waals surface area contributed by atoms with Crippen LogP contribution in [0, 0.1) is 10.1 Å². The maximum atomic E-state index is 12.2. The number of carboxylic acid groups (broad SMARTS) is 1. The monoisotopic (exact) mass is 370 g/mol. The number of carbonyl (C=O) groups is 2. The van der Waals surface area contributed by atoms with Gasteiger partial charge >= 0.3 is 11.9 Å². The first-order valence-corrected chi connectivity index (χ1v) is 8.40. The number of nitrogens with zero attached hydrogens (tertiary/aromatic N) is 2. The lowest BCUT2D eigenvalue weighted by atomic mass is 10.1. The first-order chi connectivity index (χ1) is 12.9. The van der Waals surface area contributed by atoms with Gasteiger partial charge in [0, 0.05) is 31.6 Å². The lowest BCUT2D eigenvalue weighted by Gasteiger charge is -2.20. The van der Waals surface area contributed by atoms with Crippen molar-refractivity contribution in [1.82, 2.24) is 4.90 Å². The van der Waals surface area contributed by atoms with Crippen LogP contribution in [0.4, 0.5) is 5.69 Å². The number of benzene rings is 2. The Bertz CT molecular complexity index is 837. The second-order valence-electron chi connectivity index (χ2n) is 6.34. The quantitative estimate of drug-likeness (QED) is 0.472. The van der Waals surface area contributed by atoms with E-state index in [-0.39, 0.29) is 18.7 Å². The van der Waals surface area contributed by atoms with Crippen LogP contribution in [-0.4, -0.2) is 45.6 Å². The highest BCUT2D eigenvalue weighted by molar-refractivity contribution is 5.89. The van der Waals surface area contributed by atoms with Crippen molar-refractivity contribution in [3.05, 3.63) is 75.8 Å². The number of esters is 1. The number of likely N-dealkylation sites (tertiary alicyclic amines) is 1. The maximum Gasteiger partial charge on any atom is 0.338 e. The van der Waals surface area contributed by atoms with E-state index in [1.54, 1.807) is 47.4 Å². The topological polar surface area (TPSA) is 110 Å². The Hall–Kier alpha value is -3.26. The fourth-order valence-corrected chi connectivity index (χ4v) is 3.13. The molecule has 2 atom stereocenters. The Morgan fingerprint density at radius 1 is 1.15 bits per heavy atom. The fourth-order valence-electron chi connectivity index (χ4n) is 3.13. The summed E-state index contributed by atoms with van der Waals surface area (Å²) in [6.07, 6.45) is -0.335. The molecule has 2 aromatic rings. The van der Waals surface area contributed by atoms with E-state index in [1.165, 1.54) is 12.1 Å². The summed E-state index contributed by atoms with van der Waals surface area (Å²) in [6, 6.07) is 13.7. The second-order valence-corrected chi connectivity index (χ2v) is 6.34. The Balaban J connectivity index is 1.66. The third-order valence-corrected chi connectivity index (χ3v) is 4.47. The highest BCUT2D eigenvalue weighted by atomic mass is 16.6. The SMILES string of the molecule is O=C(OC1CC(C(=O)O)N(Cc2ccc([N+](=O)[O-])cc2)C1)c1ccccc1. The Kier molecular flexibility index (Phi) is 5.46.